The predicted octanol–water partition coefficient (Wildman–Crippen LogP) is 8.23. The molecule has 6 atom stereocenters. The normalized spacial score (nSPS) is 20.9. The van der Waals surface area contributed by atoms with Gasteiger partial charge in [-0.25, -0.2) is 21.6 Å². The smallest absolute Gasteiger partial charge is 0.565 e. The van der Waals surface area contributed by atoms with Gasteiger partial charge in [0, 0.05) is 23.2 Å². The Morgan fingerprint density at radius 2 is 1.23 bits per heavy atom. The Morgan fingerprint density at radius 1 is 0.851 bits per heavy atom. The molecule has 0 aliphatic heterocycles. The molecule has 1 aromatic carbocycles. The molecule has 47 heavy (non-hydrogen) atoms. The molecule has 2 saturated carbocycles. The minimum atomic E-state index is -4.04. The zero-order chi connectivity index (χ0) is 30.5. The number of hydrogen-bond donors (Lipinski definition) is 0. The van der Waals surface area contributed by atoms with Gasteiger partial charge in [0.1, 0.15) is 5.92 Å². The molecular weight excluding hydrogens is 641 g/mol. The summed E-state index contributed by atoms with van der Waals surface area (Å²) in [6, 6.07) is 5.93. The number of benzene rings is 1. The number of carbonyl (C=O) groups excluding carboxylic acids is 2. The lowest BCUT2D eigenvalue weighted by Crippen LogP contribution is -2.52. The Labute approximate surface area is 291 Å². The highest BCUT2D eigenvalue weighted by Crippen LogP contribution is 2.56. The van der Waals surface area contributed by atoms with Gasteiger partial charge < -0.3 is 10.2 Å². The summed E-state index contributed by atoms with van der Waals surface area (Å²) >= 11 is 0. The first-order chi connectivity index (χ1) is 17.7. The number of fused-ring (bicyclic) bond motifs is 2. The van der Waals surface area contributed by atoms with Crippen molar-refractivity contribution in [3.05, 3.63) is 54.1 Å². The van der Waals surface area contributed by atoms with Crippen LogP contribution < -0.4 is 4.74 Å². The first-order valence-electron chi connectivity index (χ1n) is 12.7. The van der Waals surface area contributed by atoms with Crippen molar-refractivity contribution in [2.24, 2.45) is 17.8 Å². The fraction of sp³-hybridized carbons (Fsp3) is 0.667. The predicted molar refractivity (Wildman–Crippen MR) is 210 cm³/mol. The van der Waals surface area contributed by atoms with Crippen molar-refractivity contribution >= 4 is 31.8 Å². The lowest BCUT2D eigenvalue weighted by molar-refractivity contribution is -0.143. The van der Waals surface area contributed by atoms with E-state index in [4.69, 9.17) is 19.7 Å². The Balaban J connectivity index is -0.000000143. The molecule has 0 heterocycles. The minimum absolute atomic E-state index is 0. The van der Waals surface area contributed by atoms with Gasteiger partial charge >= 0.3 is 12.1 Å². The van der Waals surface area contributed by atoms with Gasteiger partial charge in [-0.15, -0.1) is 13.2 Å². The maximum atomic E-state index is 14.0. The van der Waals surface area contributed by atoms with Gasteiger partial charge in [-0.2, -0.15) is 4.74 Å². The van der Waals surface area contributed by atoms with Crippen LogP contribution in [0, 0.1) is 17.8 Å². The molecule has 11 heteroatoms. The summed E-state index contributed by atoms with van der Waals surface area (Å²) in [7, 11) is -7.82. The van der Waals surface area contributed by atoms with E-state index >= 15 is 0 Å². The summed E-state index contributed by atoms with van der Waals surface area (Å²) in [6.45, 7) is 18.3. The molecule has 284 valence electrons. The number of allylic oxidation sites excluding steroid dienone is 2. The van der Waals surface area contributed by atoms with Crippen molar-refractivity contribution in [3.63, 3.8) is 0 Å². The molecule has 3 rings (SSSR count). The molecule has 2 aliphatic rings. The van der Waals surface area contributed by atoms with Crippen LogP contribution in [0.15, 0.2) is 48.6 Å². The van der Waals surface area contributed by atoms with Gasteiger partial charge in [-0.05, 0) is 71.3 Å². The van der Waals surface area contributed by atoms with Crippen LogP contribution in [-0.2, 0) is 29.2 Å². The van der Waals surface area contributed by atoms with E-state index < -0.39 is 64.8 Å². The highest BCUT2D eigenvalue weighted by atomic mass is 32.2. The van der Waals surface area contributed by atoms with Crippen LogP contribution in [0.3, 0.4) is 0 Å². The van der Waals surface area contributed by atoms with Crippen LogP contribution in [0.25, 0.3) is 0 Å². The van der Waals surface area contributed by atoms with E-state index in [0.29, 0.717) is 12.0 Å². The van der Waals surface area contributed by atoms with Crippen molar-refractivity contribution in [2.45, 2.75) is 135 Å². The van der Waals surface area contributed by atoms with Gasteiger partial charge in [-0.1, -0.05) is 89.6 Å². The molecule has 0 radical (unpaired) electrons. The molecule has 2 fully saturated rings. The summed E-state index contributed by atoms with van der Waals surface area (Å²) in [5.41, 5.74) is 2.77. The number of ether oxygens (including phenoxy) is 1. The number of hydrogen-bond acceptors (Lipinski definition) is 6. The zero-order valence-corrected chi connectivity index (χ0v) is 25.6. The molecule has 6 unspecified atom stereocenters. The third-order valence-corrected chi connectivity index (χ3v) is 12.0. The monoisotopic (exact) mass is 717 g/mol. The maximum absolute atomic E-state index is 14.0. The average molecular weight is 718 g/mol. The number of carbonyl (C=O) groups is 1. The molecule has 0 amide bonds. The van der Waals surface area contributed by atoms with Crippen LogP contribution in [0.1, 0.15) is 126 Å². The maximum Gasteiger partial charge on any atom is 0.890 e. The molecule has 0 spiro atoms. The third kappa shape index (κ3) is 15.4. The van der Waals surface area contributed by atoms with Gasteiger partial charge in [0.15, 0.2) is 19.7 Å². The van der Waals surface area contributed by atoms with Crippen molar-refractivity contribution in [3.8, 4) is 5.75 Å². The van der Waals surface area contributed by atoms with Crippen LogP contribution in [-0.4, -0.2) is 60.7 Å². The molecular formula is C36H77O9S2+3. The largest absolute Gasteiger partial charge is 0.890 e. The van der Waals surface area contributed by atoms with E-state index in [0.717, 1.165) is 6.26 Å². The molecule has 0 aromatic heterocycles. The van der Waals surface area contributed by atoms with E-state index in [1.807, 2.05) is 27.7 Å². The topological polar surface area (TPSA) is 162 Å². The van der Waals surface area contributed by atoms with Crippen LogP contribution in [0.5, 0.6) is 5.75 Å². The molecule has 0 saturated heterocycles. The minimum Gasteiger partial charge on any atom is -0.565 e. The Morgan fingerprint density at radius 3 is 1.53 bits per heavy atom. The highest BCUT2D eigenvalue weighted by Gasteiger charge is 2.66. The Hall–Kier alpha value is -2.66. The van der Waals surface area contributed by atoms with E-state index in [2.05, 4.69) is 13.2 Å². The van der Waals surface area contributed by atoms with Crippen molar-refractivity contribution in [1.82, 2.24) is 0 Å². The van der Waals surface area contributed by atoms with Crippen molar-refractivity contribution in [2.75, 3.05) is 6.26 Å². The summed E-state index contributed by atoms with van der Waals surface area (Å²) in [5, 5.41) is 12.1. The fourth-order valence-electron chi connectivity index (χ4n) is 5.40. The van der Waals surface area contributed by atoms with E-state index in [1.165, 1.54) is 35.4 Å². The number of rotatable bonds is 7. The SMILES string of the molecule is C.C.C.C.C.C.C.C.C=C(C)C.C=C(C)C.CCC(C)(c1ccc(OC(=[OH+])[OH2+])cc1)S(=O)(=O)C1C2CC(C(=O)[OH2+])C(C2)C1S(C)(=O)=O. The van der Waals surface area contributed by atoms with Crippen LogP contribution >= 0.6 is 0 Å². The molecule has 1 aromatic rings. The standard InChI is InChI=1S/C20H26O9S2.2C4H8.8CH4/c1-4-20(2,12-5-7-13(8-6-12)29-19(23)24)31(27,28)16-11-9-14(15(10-11)18(21)22)17(16)30(3,25)26;2*1-4(2)3;;;;;;;;/h5-8,11,14-17H,4,9-10H2,1-3H3,(H,21,22)(H,23,24);2*1H2,2-3H3;8*1H4/p+3. The van der Waals surface area contributed by atoms with Crippen LogP contribution in [0.4, 0.5) is 0 Å². The number of sulfone groups is 2. The van der Waals surface area contributed by atoms with Crippen molar-refractivity contribution in [1.29, 1.82) is 0 Å². The Kier molecular flexibility index (Phi) is 32.8. The second-order valence-corrected chi connectivity index (χ2v) is 15.8. The zero-order valence-electron chi connectivity index (χ0n) is 23.9. The van der Waals surface area contributed by atoms with Gasteiger partial charge in [0.2, 0.25) is 0 Å². The highest BCUT2D eigenvalue weighted by molar-refractivity contribution is 7.96. The molecule has 5 N–H and O–H groups in total. The third-order valence-electron chi connectivity index (χ3n) is 7.03. The van der Waals surface area contributed by atoms with E-state index in [9.17, 15) is 21.6 Å². The van der Waals surface area contributed by atoms with Crippen molar-refractivity contribution < 1.29 is 41.4 Å². The lowest BCUT2D eigenvalue weighted by Gasteiger charge is -2.38. The Bertz CT molecular complexity index is 1260. The summed E-state index contributed by atoms with van der Waals surface area (Å²) < 4.78 is 56.6. The quantitative estimate of drug-likeness (QED) is 0.119. The fourth-order valence-corrected chi connectivity index (χ4v) is 10.8. The summed E-state index contributed by atoms with van der Waals surface area (Å²) in [4.78, 5) is 20.7. The molecule has 2 bridgehead atoms. The molecule has 9 nitrogen and oxygen atoms in total. The summed E-state index contributed by atoms with van der Waals surface area (Å²) in [6.07, 6.45) is 0.730. The second-order valence-electron chi connectivity index (χ2n) is 11.1. The summed E-state index contributed by atoms with van der Waals surface area (Å²) in [5.74, 6) is -2.55. The van der Waals surface area contributed by atoms with Gasteiger partial charge in [0.05, 0.1) is 15.2 Å². The molecule has 2 aliphatic carbocycles. The second kappa shape index (κ2) is 24.5. The van der Waals surface area contributed by atoms with Gasteiger partial charge in [-0.3, -0.25) is 0 Å². The average Bonchev–Trinajstić information content (AvgIpc) is 3.37. The first-order valence-corrected chi connectivity index (χ1v) is 16.2. The van der Waals surface area contributed by atoms with Crippen LogP contribution in [0.2, 0.25) is 0 Å². The first kappa shape index (κ1) is 63.1. The van der Waals surface area contributed by atoms with E-state index in [1.54, 1.807) is 13.8 Å². The lowest BCUT2D eigenvalue weighted by atomic mass is 9.88. The van der Waals surface area contributed by atoms with Gasteiger partial charge in [0.25, 0.3) is 5.75 Å². The van der Waals surface area contributed by atoms with E-state index in [-0.39, 0.29) is 78.0 Å².